The number of benzene rings is 2. The van der Waals surface area contributed by atoms with E-state index in [4.69, 9.17) is 0 Å². The maximum Gasteiger partial charge on any atom is 0.221 e. The molecule has 126 valence electrons. The van der Waals surface area contributed by atoms with Crippen LogP contribution in [0.25, 0.3) is 10.9 Å². The van der Waals surface area contributed by atoms with Gasteiger partial charge in [0, 0.05) is 23.6 Å². The number of fused-ring (bicyclic) bond motifs is 1. The van der Waals surface area contributed by atoms with Crippen molar-refractivity contribution in [3.05, 3.63) is 60.4 Å². The molecule has 0 aliphatic rings. The van der Waals surface area contributed by atoms with E-state index in [0.717, 1.165) is 15.9 Å². The van der Waals surface area contributed by atoms with Gasteiger partial charge in [-0.3, -0.25) is 9.59 Å². The minimum atomic E-state index is -0.287. The molecule has 5 nitrogen and oxygen atoms in total. The number of thioether (sulfide) groups is 1. The summed E-state index contributed by atoms with van der Waals surface area (Å²) in [6.45, 7) is 3.31. The topological polar surface area (TPSA) is 72.0 Å². The van der Waals surface area contributed by atoms with Crippen LogP contribution in [0.1, 0.15) is 24.2 Å². The summed E-state index contributed by atoms with van der Waals surface area (Å²) in [7, 11) is 0. The van der Waals surface area contributed by atoms with Gasteiger partial charge >= 0.3 is 0 Å². The van der Waals surface area contributed by atoms with Gasteiger partial charge < -0.3 is 5.32 Å². The van der Waals surface area contributed by atoms with Crippen molar-refractivity contribution in [1.82, 2.24) is 9.97 Å². The third-order valence-corrected chi connectivity index (χ3v) is 4.77. The van der Waals surface area contributed by atoms with E-state index in [1.54, 1.807) is 24.3 Å². The summed E-state index contributed by atoms with van der Waals surface area (Å²) >= 11 is 1.42. The molecule has 6 heteroatoms. The summed E-state index contributed by atoms with van der Waals surface area (Å²) in [4.78, 5) is 32.3. The van der Waals surface area contributed by atoms with Crippen molar-refractivity contribution in [3.63, 3.8) is 0 Å². The van der Waals surface area contributed by atoms with Crippen LogP contribution in [-0.2, 0) is 4.79 Å². The van der Waals surface area contributed by atoms with Gasteiger partial charge in [-0.25, -0.2) is 9.97 Å². The standard InChI is InChI=1S/C19H17N3O2S/c1-12(18(24)14-7-9-15(10-8-14)22-13(2)23)25-19-16-5-3-4-6-17(16)20-11-21-19/h3-12H,1-2H3,(H,22,23). The first-order valence-electron chi connectivity index (χ1n) is 7.83. The fourth-order valence-electron chi connectivity index (χ4n) is 2.45. The summed E-state index contributed by atoms with van der Waals surface area (Å²) in [5.74, 6) is -0.124. The molecule has 1 aromatic heterocycles. The molecule has 0 saturated heterocycles. The number of anilines is 1. The number of ketones is 1. The predicted octanol–water partition coefficient (Wildman–Crippen LogP) is 3.95. The van der Waals surface area contributed by atoms with Gasteiger partial charge in [0.25, 0.3) is 0 Å². The number of carbonyl (C=O) groups excluding carboxylic acids is 2. The summed E-state index contributed by atoms with van der Waals surface area (Å²) in [6, 6.07) is 14.6. The Kier molecular flexibility index (Phi) is 5.09. The summed E-state index contributed by atoms with van der Waals surface area (Å²) in [6.07, 6.45) is 1.52. The van der Waals surface area contributed by atoms with Gasteiger partial charge in [0.15, 0.2) is 5.78 Å². The molecule has 1 amide bonds. The van der Waals surface area contributed by atoms with Crippen molar-refractivity contribution in [2.45, 2.75) is 24.1 Å². The fraction of sp³-hybridized carbons (Fsp3) is 0.158. The zero-order valence-electron chi connectivity index (χ0n) is 13.9. The second kappa shape index (κ2) is 7.44. The van der Waals surface area contributed by atoms with E-state index in [0.29, 0.717) is 11.3 Å². The SMILES string of the molecule is CC(=O)Nc1ccc(C(=O)C(C)Sc2ncnc3ccccc23)cc1. The van der Waals surface area contributed by atoms with Gasteiger partial charge in [0.05, 0.1) is 10.8 Å². The van der Waals surface area contributed by atoms with Crippen LogP contribution < -0.4 is 5.32 Å². The van der Waals surface area contributed by atoms with E-state index < -0.39 is 0 Å². The normalized spacial score (nSPS) is 11.9. The van der Waals surface area contributed by atoms with Crippen molar-refractivity contribution in [2.24, 2.45) is 0 Å². The fourth-order valence-corrected chi connectivity index (χ4v) is 3.44. The first-order valence-corrected chi connectivity index (χ1v) is 8.71. The number of nitrogens with one attached hydrogen (secondary N) is 1. The molecule has 0 saturated carbocycles. The average molecular weight is 351 g/mol. The molecule has 1 atom stereocenters. The van der Waals surface area contributed by atoms with E-state index in [1.807, 2.05) is 31.2 Å². The van der Waals surface area contributed by atoms with Crippen LogP contribution in [0.3, 0.4) is 0 Å². The maximum atomic E-state index is 12.7. The maximum absolute atomic E-state index is 12.7. The highest BCUT2D eigenvalue weighted by atomic mass is 32.2. The van der Waals surface area contributed by atoms with Crippen LogP contribution in [-0.4, -0.2) is 26.9 Å². The van der Waals surface area contributed by atoms with Gasteiger partial charge in [0.1, 0.15) is 11.4 Å². The third kappa shape index (κ3) is 4.03. The number of para-hydroxylation sites is 1. The summed E-state index contributed by atoms with van der Waals surface area (Å²) < 4.78 is 0. The monoisotopic (exact) mass is 351 g/mol. The van der Waals surface area contributed by atoms with E-state index >= 15 is 0 Å². The van der Waals surface area contributed by atoms with Crippen molar-refractivity contribution in [1.29, 1.82) is 0 Å². The highest BCUT2D eigenvalue weighted by molar-refractivity contribution is 8.00. The molecule has 1 N–H and O–H groups in total. The lowest BCUT2D eigenvalue weighted by atomic mass is 10.1. The summed E-state index contributed by atoms with van der Waals surface area (Å²) in [5, 5.41) is 4.13. The number of hydrogen-bond acceptors (Lipinski definition) is 5. The van der Waals surface area contributed by atoms with E-state index in [-0.39, 0.29) is 16.9 Å². The molecule has 0 aliphatic heterocycles. The van der Waals surface area contributed by atoms with Crippen molar-refractivity contribution in [3.8, 4) is 0 Å². The minimum Gasteiger partial charge on any atom is -0.326 e. The second-order valence-corrected chi connectivity index (χ2v) is 6.91. The van der Waals surface area contributed by atoms with Crippen LogP contribution in [0.15, 0.2) is 59.9 Å². The molecular weight excluding hydrogens is 334 g/mol. The Labute approximate surface area is 149 Å². The van der Waals surface area contributed by atoms with Crippen molar-refractivity contribution < 1.29 is 9.59 Å². The molecule has 3 aromatic rings. The minimum absolute atomic E-state index is 0.0158. The van der Waals surface area contributed by atoms with Crippen molar-refractivity contribution >= 4 is 40.0 Å². The number of Topliss-reactive ketones (excluding diaryl/α,β-unsaturated/α-hetero) is 1. The van der Waals surface area contributed by atoms with Crippen LogP contribution >= 0.6 is 11.8 Å². The molecule has 0 fully saturated rings. The Morgan fingerprint density at radius 2 is 1.76 bits per heavy atom. The van der Waals surface area contributed by atoms with E-state index in [9.17, 15) is 9.59 Å². The number of nitrogens with zero attached hydrogens (tertiary/aromatic N) is 2. The van der Waals surface area contributed by atoms with E-state index in [1.165, 1.54) is 25.0 Å². The first kappa shape index (κ1) is 17.1. The Bertz CT molecular complexity index is 920. The Morgan fingerprint density at radius 1 is 1.04 bits per heavy atom. The smallest absolute Gasteiger partial charge is 0.221 e. The lowest BCUT2D eigenvalue weighted by Crippen LogP contribution is -2.14. The molecule has 1 heterocycles. The first-order chi connectivity index (χ1) is 12.0. The molecule has 0 aliphatic carbocycles. The Balaban J connectivity index is 1.77. The largest absolute Gasteiger partial charge is 0.326 e. The third-order valence-electron chi connectivity index (χ3n) is 3.65. The Morgan fingerprint density at radius 3 is 2.48 bits per heavy atom. The zero-order valence-corrected chi connectivity index (χ0v) is 14.7. The van der Waals surface area contributed by atoms with Crippen LogP contribution in [0, 0.1) is 0 Å². The van der Waals surface area contributed by atoms with Gasteiger partial charge in [-0.1, -0.05) is 30.0 Å². The number of rotatable bonds is 5. The number of carbonyl (C=O) groups is 2. The molecule has 25 heavy (non-hydrogen) atoms. The molecular formula is C19H17N3O2S. The predicted molar refractivity (Wildman–Crippen MR) is 99.9 cm³/mol. The number of hydrogen-bond donors (Lipinski definition) is 1. The van der Waals surface area contributed by atoms with Gasteiger partial charge in [0.2, 0.25) is 5.91 Å². The highest BCUT2D eigenvalue weighted by Gasteiger charge is 2.18. The molecule has 2 aromatic carbocycles. The average Bonchev–Trinajstić information content (AvgIpc) is 2.61. The molecule has 0 bridgehead atoms. The summed E-state index contributed by atoms with van der Waals surface area (Å²) in [5.41, 5.74) is 2.14. The molecule has 3 rings (SSSR count). The molecule has 0 spiro atoms. The molecule has 1 unspecified atom stereocenters. The lowest BCUT2D eigenvalue weighted by Gasteiger charge is -2.11. The van der Waals surface area contributed by atoms with Gasteiger partial charge in [-0.15, -0.1) is 0 Å². The Hall–Kier alpha value is -2.73. The van der Waals surface area contributed by atoms with E-state index in [2.05, 4.69) is 15.3 Å². The van der Waals surface area contributed by atoms with Crippen LogP contribution in [0.2, 0.25) is 0 Å². The van der Waals surface area contributed by atoms with Crippen LogP contribution in [0.5, 0.6) is 0 Å². The lowest BCUT2D eigenvalue weighted by molar-refractivity contribution is -0.114. The van der Waals surface area contributed by atoms with Crippen molar-refractivity contribution in [2.75, 3.05) is 5.32 Å². The zero-order chi connectivity index (χ0) is 17.8. The van der Waals surface area contributed by atoms with Gasteiger partial charge in [-0.05, 0) is 37.3 Å². The quantitative estimate of drug-likeness (QED) is 0.428. The van der Waals surface area contributed by atoms with Gasteiger partial charge in [-0.2, -0.15) is 0 Å². The highest BCUT2D eigenvalue weighted by Crippen LogP contribution is 2.29. The number of amides is 1. The second-order valence-electron chi connectivity index (χ2n) is 5.58. The van der Waals surface area contributed by atoms with Crippen LogP contribution in [0.4, 0.5) is 5.69 Å². The number of aromatic nitrogens is 2. The molecule has 0 radical (unpaired) electrons.